The maximum atomic E-state index is 5.63. The minimum absolute atomic E-state index is 0.615. The molecule has 0 aliphatic carbocycles. The molecule has 1 aromatic heterocycles. The summed E-state index contributed by atoms with van der Waals surface area (Å²) in [5.74, 6) is 0.799. The molecule has 2 aromatic rings. The number of benzene rings is 1. The highest BCUT2D eigenvalue weighted by molar-refractivity contribution is 5.53. The van der Waals surface area contributed by atoms with Crippen LogP contribution in [0.4, 0.5) is 11.4 Å². The van der Waals surface area contributed by atoms with Gasteiger partial charge in [-0.15, -0.1) is 0 Å². The van der Waals surface area contributed by atoms with Crippen LogP contribution in [0, 0.1) is 0 Å². The fourth-order valence-electron chi connectivity index (χ4n) is 1.17. The Hall–Kier alpha value is -1.97. The third kappa shape index (κ3) is 2.04. The molecular formula is C10H11N3O. The first-order chi connectivity index (χ1) is 6.84. The van der Waals surface area contributed by atoms with Crippen molar-refractivity contribution in [3.05, 3.63) is 42.3 Å². The van der Waals surface area contributed by atoms with Gasteiger partial charge in [-0.05, 0) is 18.2 Å². The van der Waals surface area contributed by atoms with Crippen LogP contribution in [0.15, 0.2) is 41.1 Å². The van der Waals surface area contributed by atoms with Gasteiger partial charge >= 0.3 is 0 Å². The Balaban J connectivity index is 1.98. The molecule has 0 atom stereocenters. The molecule has 0 amide bonds. The quantitative estimate of drug-likeness (QED) is 0.723. The van der Waals surface area contributed by atoms with Crippen molar-refractivity contribution in [2.45, 2.75) is 6.54 Å². The van der Waals surface area contributed by atoms with Gasteiger partial charge < -0.3 is 15.6 Å². The fourth-order valence-corrected chi connectivity index (χ4v) is 1.17. The molecule has 0 fully saturated rings. The van der Waals surface area contributed by atoms with Crippen molar-refractivity contribution >= 4 is 11.4 Å². The summed E-state index contributed by atoms with van der Waals surface area (Å²) in [7, 11) is 0. The van der Waals surface area contributed by atoms with E-state index in [0.29, 0.717) is 6.54 Å². The van der Waals surface area contributed by atoms with E-state index in [4.69, 9.17) is 10.3 Å². The van der Waals surface area contributed by atoms with Crippen LogP contribution in [0.25, 0.3) is 0 Å². The maximum absolute atomic E-state index is 5.63. The number of nitrogen functional groups attached to an aromatic ring is 1. The summed E-state index contributed by atoms with van der Waals surface area (Å²) in [6.07, 6.45) is 1.62. The lowest BCUT2D eigenvalue weighted by Gasteiger charge is -2.03. The summed E-state index contributed by atoms with van der Waals surface area (Å²) in [5, 5.41) is 6.79. The molecule has 0 saturated heterocycles. The Kier molecular flexibility index (Phi) is 2.36. The SMILES string of the molecule is Nc1cccc(NCc2ccno2)c1. The third-order valence-electron chi connectivity index (χ3n) is 1.84. The lowest BCUT2D eigenvalue weighted by atomic mass is 10.3. The van der Waals surface area contributed by atoms with E-state index in [2.05, 4.69) is 10.5 Å². The molecule has 1 aromatic carbocycles. The number of nitrogens with two attached hydrogens (primary N) is 1. The standard InChI is InChI=1S/C10H11N3O/c11-8-2-1-3-9(6-8)12-7-10-4-5-13-14-10/h1-6,12H,7,11H2. The smallest absolute Gasteiger partial charge is 0.155 e. The second-order valence-electron chi connectivity index (χ2n) is 2.96. The number of anilines is 2. The molecule has 0 spiro atoms. The summed E-state index contributed by atoms with van der Waals surface area (Å²) in [5.41, 5.74) is 7.35. The fraction of sp³-hybridized carbons (Fsp3) is 0.100. The Morgan fingerprint density at radius 2 is 2.29 bits per heavy atom. The summed E-state index contributed by atoms with van der Waals surface area (Å²) < 4.78 is 4.94. The minimum atomic E-state index is 0.615. The highest BCUT2D eigenvalue weighted by atomic mass is 16.5. The van der Waals surface area contributed by atoms with Crippen LogP contribution in [0.2, 0.25) is 0 Å². The van der Waals surface area contributed by atoms with Gasteiger partial charge in [0.25, 0.3) is 0 Å². The van der Waals surface area contributed by atoms with Crippen molar-refractivity contribution in [1.82, 2.24) is 5.16 Å². The van der Waals surface area contributed by atoms with Crippen molar-refractivity contribution in [2.75, 3.05) is 11.1 Å². The van der Waals surface area contributed by atoms with Gasteiger partial charge in [0, 0.05) is 17.4 Å². The number of hydrogen-bond acceptors (Lipinski definition) is 4. The second-order valence-corrected chi connectivity index (χ2v) is 2.96. The van der Waals surface area contributed by atoms with Crippen LogP contribution >= 0.6 is 0 Å². The van der Waals surface area contributed by atoms with Gasteiger partial charge in [0.15, 0.2) is 5.76 Å². The summed E-state index contributed by atoms with van der Waals surface area (Å²) in [6.45, 7) is 0.615. The van der Waals surface area contributed by atoms with Gasteiger partial charge in [0.1, 0.15) is 0 Å². The van der Waals surface area contributed by atoms with Gasteiger partial charge in [-0.1, -0.05) is 11.2 Å². The van der Waals surface area contributed by atoms with Crippen LogP contribution in [0.5, 0.6) is 0 Å². The molecule has 0 aliphatic heterocycles. The monoisotopic (exact) mass is 189 g/mol. The number of hydrogen-bond donors (Lipinski definition) is 2. The van der Waals surface area contributed by atoms with Crippen LogP contribution in [-0.2, 0) is 6.54 Å². The molecule has 2 rings (SSSR count). The van der Waals surface area contributed by atoms with Gasteiger partial charge in [-0.2, -0.15) is 0 Å². The van der Waals surface area contributed by atoms with Gasteiger partial charge in [0.05, 0.1) is 12.7 Å². The maximum Gasteiger partial charge on any atom is 0.155 e. The first-order valence-corrected chi connectivity index (χ1v) is 4.33. The molecule has 0 radical (unpaired) electrons. The number of nitrogens with one attached hydrogen (secondary N) is 1. The van der Waals surface area contributed by atoms with E-state index in [1.807, 2.05) is 30.3 Å². The molecule has 72 valence electrons. The Bertz CT molecular complexity index is 398. The van der Waals surface area contributed by atoms with Gasteiger partial charge in [0.2, 0.25) is 0 Å². The number of nitrogens with zero attached hydrogens (tertiary/aromatic N) is 1. The van der Waals surface area contributed by atoms with E-state index in [9.17, 15) is 0 Å². The zero-order chi connectivity index (χ0) is 9.80. The second kappa shape index (κ2) is 3.83. The van der Waals surface area contributed by atoms with E-state index in [1.54, 1.807) is 6.20 Å². The Labute approximate surface area is 81.7 Å². The van der Waals surface area contributed by atoms with Crippen molar-refractivity contribution in [2.24, 2.45) is 0 Å². The predicted octanol–water partition coefficient (Wildman–Crippen LogP) is 1.87. The highest BCUT2D eigenvalue weighted by Gasteiger charge is 1.96. The molecule has 3 N–H and O–H groups in total. The molecule has 0 unspecified atom stereocenters. The van der Waals surface area contributed by atoms with Crippen LogP contribution in [-0.4, -0.2) is 5.16 Å². The Morgan fingerprint density at radius 1 is 1.36 bits per heavy atom. The zero-order valence-corrected chi connectivity index (χ0v) is 7.60. The molecule has 0 bridgehead atoms. The van der Waals surface area contributed by atoms with Crippen LogP contribution < -0.4 is 11.1 Å². The molecule has 14 heavy (non-hydrogen) atoms. The average molecular weight is 189 g/mol. The van der Waals surface area contributed by atoms with Gasteiger partial charge in [-0.25, -0.2) is 0 Å². The molecule has 0 saturated carbocycles. The number of aromatic nitrogens is 1. The molecule has 0 aliphatic rings. The van der Waals surface area contributed by atoms with E-state index >= 15 is 0 Å². The first-order valence-electron chi connectivity index (χ1n) is 4.33. The summed E-state index contributed by atoms with van der Waals surface area (Å²) in [4.78, 5) is 0. The predicted molar refractivity (Wildman–Crippen MR) is 54.7 cm³/mol. The van der Waals surface area contributed by atoms with Crippen LogP contribution in [0.3, 0.4) is 0 Å². The Morgan fingerprint density at radius 3 is 3.00 bits per heavy atom. The average Bonchev–Trinajstić information content (AvgIpc) is 2.67. The van der Waals surface area contributed by atoms with Crippen LogP contribution in [0.1, 0.15) is 5.76 Å². The third-order valence-corrected chi connectivity index (χ3v) is 1.84. The molecule has 4 nitrogen and oxygen atoms in total. The van der Waals surface area contributed by atoms with Crippen molar-refractivity contribution in [3.8, 4) is 0 Å². The molecular weight excluding hydrogens is 178 g/mol. The first kappa shape index (κ1) is 8.62. The number of rotatable bonds is 3. The largest absolute Gasteiger partial charge is 0.399 e. The highest BCUT2D eigenvalue weighted by Crippen LogP contribution is 2.12. The lowest BCUT2D eigenvalue weighted by Crippen LogP contribution is -1.98. The molecule has 4 heteroatoms. The molecule has 1 heterocycles. The van der Waals surface area contributed by atoms with Crippen molar-refractivity contribution in [3.63, 3.8) is 0 Å². The normalized spacial score (nSPS) is 10.0. The topological polar surface area (TPSA) is 64.1 Å². The lowest BCUT2D eigenvalue weighted by molar-refractivity contribution is 0.388. The van der Waals surface area contributed by atoms with Crippen molar-refractivity contribution in [1.29, 1.82) is 0 Å². The van der Waals surface area contributed by atoms with E-state index < -0.39 is 0 Å². The van der Waals surface area contributed by atoms with E-state index in [1.165, 1.54) is 0 Å². The minimum Gasteiger partial charge on any atom is -0.399 e. The van der Waals surface area contributed by atoms with E-state index in [-0.39, 0.29) is 0 Å². The van der Waals surface area contributed by atoms with Gasteiger partial charge in [-0.3, -0.25) is 0 Å². The summed E-state index contributed by atoms with van der Waals surface area (Å²) >= 11 is 0. The zero-order valence-electron chi connectivity index (χ0n) is 7.60. The van der Waals surface area contributed by atoms with Crippen molar-refractivity contribution < 1.29 is 4.52 Å². The summed E-state index contributed by atoms with van der Waals surface area (Å²) in [6, 6.07) is 9.39. The van der Waals surface area contributed by atoms with E-state index in [0.717, 1.165) is 17.1 Å².